The molecule has 1 aliphatic carbocycles. The van der Waals surface area contributed by atoms with Crippen molar-refractivity contribution in [3.63, 3.8) is 0 Å². The largest absolute Gasteiger partial charge is 0.329 e. The Hall–Kier alpha value is -0.0800. The zero-order valence-corrected chi connectivity index (χ0v) is 9.13. The lowest BCUT2D eigenvalue weighted by molar-refractivity contribution is 0.138. The van der Waals surface area contributed by atoms with E-state index in [1.54, 1.807) is 0 Å². The van der Waals surface area contributed by atoms with Crippen molar-refractivity contribution in [2.75, 3.05) is 19.6 Å². The second-order valence-corrected chi connectivity index (χ2v) is 4.18. The minimum absolute atomic E-state index is 0.616. The first-order valence-corrected chi connectivity index (χ1v) is 5.75. The van der Waals surface area contributed by atoms with Gasteiger partial charge in [0.2, 0.25) is 0 Å². The van der Waals surface area contributed by atoms with Crippen LogP contribution in [0.25, 0.3) is 0 Å². The van der Waals surface area contributed by atoms with Crippen molar-refractivity contribution in [1.29, 1.82) is 0 Å². The lowest BCUT2D eigenvalue weighted by Crippen LogP contribution is -2.43. The molecule has 1 atom stereocenters. The van der Waals surface area contributed by atoms with Gasteiger partial charge in [0.15, 0.2) is 0 Å². The summed E-state index contributed by atoms with van der Waals surface area (Å²) in [5.41, 5.74) is 5.75. The van der Waals surface area contributed by atoms with E-state index in [2.05, 4.69) is 18.7 Å². The minimum Gasteiger partial charge on any atom is -0.329 e. The van der Waals surface area contributed by atoms with Gasteiger partial charge in [-0.15, -0.1) is 0 Å². The van der Waals surface area contributed by atoms with Gasteiger partial charge in [-0.3, -0.25) is 4.90 Å². The van der Waals surface area contributed by atoms with E-state index >= 15 is 0 Å². The van der Waals surface area contributed by atoms with Gasteiger partial charge >= 0.3 is 0 Å². The number of likely N-dealkylation sites (N-methyl/N-ethyl adjacent to an activating group) is 1. The molecule has 0 aromatic carbocycles. The van der Waals surface area contributed by atoms with Gasteiger partial charge in [0.1, 0.15) is 0 Å². The molecule has 1 saturated carbocycles. The molecule has 1 rings (SSSR count). The highest BCUT2D eigenvalue weighted by atomic mass is 15.2. The Balaban J connectivity index is 2.30. The molecular weight excluding hydrogens is 160 g/mol. The summed E-state index contributed by atoms with van der Waals surface area (Å²) in [4.78, 5) is 2.56. The standard InChI is InChI=1S/C11H24N2/c1-3-11(8-12)13(4-2)9-10-6-5-7-10/h10-11H,3-9,12H2,1-2H3. The van der Waals surface area contributed by atoms with Gasteiger partial charge in [0.05, 0.1) is 0 Å². The molecule has 1 aliphatic rings. The minimum atomic E-state index is 0.616. The van der Waals surface area contributed by atoms with Crippen LogP contribution in [0.15, 0.2) is 0 Å². The number of nitrogens with zero attached hydrogens (tertiary/aromatic N) is 1. The summed E-state index contributed by atoms with van der Waals surface area (Å²) < 4.78 is 0. The van der Waals surface area contributed by atoms with Crippen LogP contribution in [0.5, 0.6) is 0 Å². The molecule has 1 unspecified atom stereocenters. The molecule has 0 aliphatic heterocycles. The zero-order valence-electron chi connectivity index (χ0n) is 9.13. The fourth-order valence-corrected chi connectivity index (χ4v) is 2.12. The molecule has 0 heterocycles. The summed E-state index contributed by atoms with van der Waals surface area (Å²) in [5.74, 6) is 0.973. The lowest BCUT2D eigenvalue weighted by atomic mass is 9.85. The summed E-state index contributed by atoms with van der Waals surface area (Å²) in [6.07, 6.45) is 5.52. The fraction of sp³-hybridized carbons (Fsp3) is 1.00. The fourth-order valence-electron chi connectivity index (χ4n) is 2.12. The molecule has 0 radical (unpaired) electrons. The van der Waals surface area contributed by atoms with Crippen molar-refractivity contribution in [3.05, 3.63) is 0 Å². The summed E-state index contributed by atoms with van der Waals surface area (Å²) in [6.45, 7) is 7.74. The molecule has 0 aromatic heterocycles. The maximum absolute atomic E-state index is 5.75. The van der Waals surface area contributed by atoms with Crippen LogP contribution < -0.4 is 5.73 Å². The normalized spacial score (nSPS) is 20.3. The van der Waals surface area contributed by atoms with Gasteiger partial charge in [-0.2, -0.15) is 0 Å². The molecule has 78 valence electrons. The van der Waals surface area contributed by atoms with Crippen LogP contribution in [-0.4, -0.2) is 30.6 Å². The number of hydrogen-bond acceptors (Lipinski definition) is 2. The first-order valence-electron chi connectivity index (χ1n) is 5.75. The Morgan fingerprint density at radius 3 is 2.38 bits per heavy atom. The van der Waals surface area contributed by atoms with Crippen molar-refractivity contribution >= 4 is 0 Å². The maximum atomic E-state index is 5.75. The first-order chi connectivity index (χ1) is 6.31. The Labute approximate surface area is 82.5 Å². The van der Waals surface area contributed by atoms with Gasteiger partial charge in [-0.1, -0.05) is 20.3 Å². The Morgan fingerprint density at radius 1 is 1.38 bits per heavy atom. The van der Waals surface area contributed by atoms with Crippen molar-refractivity contribution in [3.8, 4) is 0 Å². The molecule has 0 amide bonds. The smallest absolute Gasteiger partial charge is 0.0215 e. The predicted molar refractivity (Wildman–Crippen MR) is 57.7 cm³/mol. The van der Waals surface area contributed by atoms with Crippen LogP contribution >= 0.6 is 0 Å². The summed E-state index contributed by atoms with van der Waals surface area (Å²) in [7, 11) is 0. The molecule has 13 heavy (non-hydrogen) atoms. The van der Waals surface area contributed by atoms with Gasteiger partial charge < -0.3 is 5.73 Å². The third kappa shape index (κ3) is 2.96. The van der Waals surface area contributed by atoms with E-state index in [4.69, 9.17) is 5.73 Å². The Morgan fingerprint density at radius 2 is 2.08 bits per heavy atom. The number of nitrogens with two attached hydrogens (primary N) is 1. The van der Waals surface area contributed by atoms with E-state index in [-0.39, 0.29) is 0 Å². The van der Waals surface area contributed by atoms with Crippen LogP contribution in [0.1, 0.15) is 39.5 Å². The zero-order chi connectivity index (χ0) is 9.68. The van der Waals surface area contributed by atoms with E-state index in [1.165, 1.54) is 32.2 Å². The SMILES string of the molecule is CCC(CN)N(CC)CC1CCC1. The van der Waals surface area contributed by atoms with Crippen LogP contribution in [-0.2, 0) is 0 Å². The van der Waals surface area contributed by atoms with E-state index in [0.29, 0.717) is 6.04 Å². The molecule has 2 N–H and O–H groups in total. The highest BCUT2D eigenvalue weighted by molar-refractivity contribution is 4.77. The Bertz CT molecular complexity index is 128. The van der Waals surface area contributed by atoms with Crippen LogP contribution in [0.2, 0.25) is 0 Å². The van der Waals surface area contributed by atoms with Crippen molar-refractivity contribution < 1.29 is 0 Å². The van der Waals surface area contributed by atoms with Gasteiger partial charge in [0, 0.05) is 19.1 Å². The highest BCUT2D eigenvalue weighted by Crippen LogP contribution is 2.27. The summed E-state index contributed by atoms with van der Waals surface area (Å²) >= 11 is 0. The maximum Gasteiger partial charge on any atom is 0.0215 e. The summed E-state index contributed by atoms with van der Waals surface area (Å²) in [5, 5.41) is 0. The molecule has 0 saturated heterocycles. The topological polar surface area (TPSA) is 29.3 Å². The van der Waals surface area contributed by atoms with Crippen LogP contribution in [0.4, 0.5) is 0 Å². The first kappa shape index (κ1) is 11.0. The van der Waals surface area contributed by atoms with Crippen molar-refractivity contribution in [2.24, 2.45) is 11.7 Å². The highest BCUT2D eigenvalue weighted by Gasteiger charge is 2.22. The Kier molecular flexibility index (Phi) is 4.74. The van der Waals surface area contributed by atoms with Crippen LogP contribution in [0.3, 0.4) is 0 Å². The molecular formula is C11H24N2. The average molecular weight is 184 g/mol. The molecule has 1 fully saturated rings. The average Bonchev–Trinajstić information content (AvgIpc) is 2.09. The van der Waals surface area contributed by atoms with E-state index in [0.717, 1.165) is 19.0 Å². The van der Waals surface area contributed by atoms with Gasteiger partial charge in [-0.25, -0.2) is 0 Å². The third-order valence-corrected chi connectivity index (χ3v) is 3.38. The third-order valence-electron chi connectivity index (χ3n) is 3.38. The monoisotopic (exact) mass is 184 g/mol. The van der Waals surface area contributed by atoms with Crippen molar-refractivity contribution in [2.45, 2.75) is 45.6 Å². The number of hydrogen-bond donors (Lipinski definition) is 1. The predicted octanol–water partition coefficient (Wildman–Crippen LogP) is 1.85. The quantitative estimate of drug-likeness (QED) is 0.682. The van der Waals surface area contributed by atoms with E-state index in [1.807, 2.05) is 0 Å². The van der Waals surface area contributed by atoms with Crippen molar-refractivity contribution in [1.82, 2.24) is 4.90 Å². The summed E-state index contributed by atoms with van der Waals surface area (Å²) in [6, 6.07) is 0.616. The second-order valence-electron chi connectivity index (χ2n) is 4.18. The lowest BCUT2D eigenvalue weighted by Gasteiger charge is -2.36. The van der Waals surface area contributed by atoms with Crippen LogP contribution in [0, 0.1) is 5.92 Å². The second kappa shape index (κ2) is 5.61. The molecule has 2 heteroatoms. The molecule has 0 bridgehead atoms. The molecule has 0 aromatic rings. The van der Waals surface area contributed by atoms with E-state index < -0.39 is 0 Å². The van der Waals surface area contributed by atoms with Gasteiger partial charge in [-0.05, 0) is 31.7 Å². The van der Waals surface area contributed by atoms with E-state index in [9.17, 15) is 0 Å². The van der Waals surface area contributed by atoms with Gasteiger partial charge in [0.25, 0.3) is 0 Å². The molecule has 0 spiro atoms. The number of rotatable bonds is 6. The molecule has 2 nitrogen and oxygen atoms in total.